The summed E-state index contributed by atoms with van der Waals surface area (Å²) in [6.45, 7) is 5.28. The molecule has 1 heterocycles. The molecule has 1 saturated carbocycles. The summed E-state index contributed by atoms with van der Waals surface area (Å²) in [7, 11) is 2.02. The van der Waals surface area contributed by atoms with Gasteiger partial charge in [-0.2, -0.15) is 0 Å². The van der Waals surface area contributed by atoms with Crippen LogP contribution in [-0.2, 0) is 4.79 Å². The number of halogens is 1. The van der Waals surface area contributed by atoms with E-state index in [0.29, 0.717) is 11.8 Å². The molecule has 3 nitrogen and oxygen atoms in total. The molecule has 2 rings (SSSR count). The van der Waals surface area contributed by atoms with Crippen molar-refractivity contribution in [2.24, 2.45) is 17.8 Å². The Labute approximate surface area is 143 Å². The summed E-state index contributed by atoms with van der Waals surface area (Å²) < 4.78 is 0. The van der Waals surface area contributed by atoms with Crippen molar-refractivity contribution in [3.8, 4) is 0 Å². The lowest BCUT2D eigenvalue weighted by atomic mass is 9.88. The Kier molecular flexibility index (Phi) is 9.42. The summed E-state index contributed by atoms with van der Waals surface area (Å²) in [6, 6.07) is 0. The van der Waals surface area contributed by atoms with E-state index >= 15 is 0 Å². The predicted molar refractivity (Wildman–Crippen MR) is 95.5 cm³/mol. The van der Waals surface area contributed by atoms with Crippen LogP contribution in [0.4, 0.5) is 0 Å². The van der Waals surface area contributed by atoms with Gasteiger partial charge in [-0.15, -0.1) is 12.4 Å². The highest BCUT2D eigenvalue weighted by Gasteiger charge is 2.30. The zero-order valence-corrected chi connectivity index (χ0v) is 15.3. The third-order valence-corrected chi connectivity index (χ3v) is 5.50. The standard InChI is InChI=1S/C18H34N2O.ClH/c1-3-6-17(13-15-7-4-5-8-15)18(21)20-11-9-16(10-12-20)14-19-2;/h15-17,19H,3-14H2,1-2H3;1H. The molecule has 0 aromatic rings. The summed E-state index contributed by atoms with van der Waals surface area (Å²) in [4.78, 5) is 15.0. The summed E-state index contributed by atoms with van der Waals surface area (Å²) in [5.41, 5.74) is 0. The number of nitrogens with one attached hydrogen (secondary N) is 1. The Morgan fingerprint density at radius 3 is 2.32 bits per heavy atom. The van der Waals surface area contributed by atoms with Gasteiger partial charge in [-0.25, -0.2) is 0 Å². The van der Waals surface area contributed by atoms with Crippen LogP contribution in [0.25, 0.3) is 0 Å². The second-order valence-electron chi connectivity index (χ2n) is 7.20. The zero-order chi connectivity index (χ0) is 15.1. The molecule has 0 bridgehead atoms. The van der Waals surface area contributed by atoms with E-state index in [1.165, 1.54) is 38.5 Å². The van der Waals surface area contributed by atoms with Crippen LogP contribution < -0.4 is 5.32 Å². The van der Waals surface area contributed by atoms with Crippen LogP contribution in [0.5, 0.6) is 0 Å². The van der Waals surface area contributed by atoms with Crippen molar-refractivity contribution in [1.82, 2.24) is 10.2 Å². The van der Waals surface area contributed by atoms with E-state index in [0.717, 1.165) is 50.7 Å². The highest BCUT2D eigenvalue weighted by molar-refractivity contribution is 5.85. The van der Waals surface area contributed by atoms with Gasteiger partial charge >= 0.3 is 0 Å². The minimum Gasteiger partial charge on any atom is -0.342 e. The Balaban J connectivity index is 0.00000242. The van der Waals surface area contributed by atoms with E-state index in [9.17, 15) is 4.79 Å². The van der Waals surface area contributed by atoms with Crippen molar-refractivity contribution >= 4 is 18.3 Å². The van der Waals surface area contributed by atoms with Crippen molar-refractivity contribution < 1.29 is 4.79 Å². The second kappa shape index (κ2) is 10.5. The molecular formula is C18H35ClN2O. The van der Waals surface area contributed by atoms with Crippen molar-refractivity contribution in [3.05, 3.63) is 0 Å². The molecule has 1 aliphatic carbocycles. The third-order valence-electron chi connectivity index (χ3n) is 5.50. The third kappa shape index (κ3) is 5.73. The number of rotatable bonds is 7. The first-order chi connectivity index (χ1) is 10.2. The van der Waals surface area contributed by atoms with E-state index in [1.54, 1.807) is 0 Å². The molecular weight excluding hydrogens is 296 g/mol. The molecule has 22 heavy (non-hydrogen) atoms. The van der Waals surface area contributed by atoms with Crippen LogP contribution in [-0.4, -0.2) is 37.5 Å². The molecule has 2 aliphatic rings. The zero-order valence-electron chi connectivity index (χ0n) is 14.5. The van der Waals surface area contributed by atoms with Gasteiger partial charge in [0.1, 0.15) is 0 Å². The minimum absolute atomic E-state index is 0. The molecule has 1 saturated heterocycles. The Morgan fingerprint density at radius 2 is 1.77 bits per heavy atom. The normalized spacial score (nSPS) is 21.6. The molecule has 0 aromatic carbocycles. The maximum absolute atomic E-state index is 12.9. The van der Waals surface area contributed by atoms with E-state index in [2.05, 4.69) is 17.1 Å². The van der Waals surface area contributed by atoms with Gasteiger partial charge in [0.05, 0.1) is 0 Å². The van der Waals surface area contributed by atoms with Gasteiger partial charge in [0.15, 0.2) is 0 Å². The summed E-state index contributed by atoms with van der Waals surface area (Å²) >= 11 is 0. The van der Waals surface area contributed by atoms with Gasteiger partial charge in [0, 0.05) is 19.0 Å². The number of likely N-dealkylation sites (tertiary alicyclic amines) is 1. The first-order valence-electron chi connectivity index (χ1n) is 9.18. The Bertz CT molecular complexity index is 310. The monoisotopic (exact) mass is 330 g/mol. The molecule has 2 fully saturated rings. The number of hydrogen-bond acceptors (Lipinski definition) is 2. The van der Waals surface area contributed by atoms with Crippen LogP contribution in [0.3, 0.4) is 0 Å². The van der Waals surface area contributed by atoms with Crippen LogP contribution >= 0.6 is 12.4 Å². The van der Waals surface area contributed by atoms with Gasteiger partial charge in [-0.05, 0) is 51.1 Å². The number of nitrogens with zero attached hydrogens (tertiary/aromatic N) is 1. The molecule has 1 N–H and O–H groups in total. The highest BCUT2D eigenvalue weighted by Crippen LogP contribution is 2.33. The predicted octanol–water partition coefficient (Wildman–Crippen LogP) is 3.86. The van der Waals surface area contributed by atoms with Crippen LogP contribution in [0.2, 0.25) is 0 Å². The summed E-state index contributed by atoms with van der Waals surface area (Å²) in [5.74, 6) is 2.36. The van der Waals surface area contributed by atoms with Gasteiger partial charge in [-0.1, -0.05) is 39.0 Å². The van der Waals surface area contributed by atoms with Gasteiger partial charge in [0.25, 0.3) is 0 Å². The fourth-order valence-electron chi connectivity index (χ4n) is 4.24. The average molecular weight is 331 g/mol. The highest BCUT2D eigenvalue weighted by atomic mass is 35.5. The quantitative estimate of drug-likeness (QED) is 0.768. The first kappa shape index (κ1) is 19.8. The lowest BCUT2D eigenvalue weighted by Crippen LogP contribution is -2.43. The number of piperidine rings is 1. The Morgan fingerprint density at radius 1 is 1.14 bits per heavy atom. The smallest absolute Gasteiger partial charge is 0.225 e. The Hall–Kier alpha value is -0.280. The van der Waals surface area contributed by atoms with Gasteiger partial charge in [-0.3, -0.25) is 4.79 Å². The maximum atomic E-state index is 12.9. The fourth-order valence-corrected chi connectivity index (χ4v) is 4.24. The summed E-state index contributed by atoms with van der Waals surface area (Å²) in [5, 5.41) is 3.27. The second-order valence-corrected chi connectivity index (χ2v) is 7.20. The van der Waals surface area contributed by atoms with E-state index in [4.69, 9.17) is 0 Å². The van der Waals surface area contributed by atoms with Gasteiger partial charge < -0.3 is 10.2 Å². The number of amides is 1. The average Bonchev–Trinajstić information content (AvgIpc) is 3.00. The molecule has 0 radical (unpaired) electrons. The van der Waals surface area contributed by atoms with Crippen molar-refractivity contribution in [2.45, 2.75) is 64.7 Å². The molecule has 1 aliphatic heterocycles. The van der Waals surface area contributed by atoms with Gasteiger partial charge in [0.2, 0.25) is 5.91 Å². The lowest BCUT2D eigenvalue weighted by molar-refractivity contribution is -0.137. The van der Waals surface area contributed by atoms with Crippen LogP contribution in [0.15, 0.2) is 0 Å². The van der Waals surface area contributed by atoms with Crippen molar-refractivity contribution in [3.63, 3.8) is 0 Å². The minimum atomic E-state index is 0. The SMILES string of the molecule is CCCC(CC1CCCC1)C(=O)N1CCC(CNC)CC1.Cl. The first-order valence-corrected chi connectivity index (χ1v) is 9.18. The molecule has 1 atom stereocenters. The van der Waals surface area contributed by atoms with E-state index < -0.39 is 0 Å². The number of carbonyl (C=O) groups is 1. The number of carbonyl (C=O) groups excluding carboxylic acids is 1. The largest absolute Gasteiger partial charge is 0.342 e. The van der Waals surface area contributed by atoms with Crippen molar-refractivity contribution in [2.75, 3.05) is 26.7 Å². The molecule has 1 unspecified atom stereocenters. The van der Waals surface area contributed by atoms with Crippen LogP contribution in [0.1, 0.15) is 64.7 Å². The van der Waals surface area contributed by atoms with E-state index in [1.807, 2.05) is 7.05 Å². The molecule has 4 heteroatoms. The molecule has 130 valence electrons. The van der Waals surface area contributed by atoms with Crippen LogP contribution in [0, 0.1) is 17.8 Å². The topological polar surface area (TPSA) is 32.3 Å². The molecule has 0 spiro atoms. The lowest BCUT2D eigenvalue weighted by Gasteiger charge is -2.35. The molecule has 1 amide bonds. The van der Waals surface area contributed by atoms with Crippen molar-refractivity contribution in [1.29, 1.82) is 0 Å². The maximum Gasteiger partial charge on any atom is 0.225 e. The number of hydrogen-bond donors (Lipinski definition) is 1. The fraction of sp³-hybridized carbons (Fsp3) is 0.944. The molecule has 0 aromatic heterocycles. The summed E-state index contributed by atoms with van der Waals surface area (Å²) in [6.07, 6.45) is 11.2. The van der Waals surface area contributed by atoms with E-state index in [-0.39, 0.29) is 12.4 Å².